The lowest BCUT2D eigenvalue weighted by Crippen LogP contribution is -2.30. The van der Waals surface area contributed by atoms with Gasteiger partial charge in [-0.15, -0.1) is 0 Å². The van der Waals surface area contributed by atoms with E-state index >= 15 is 0 Å². The smallest absolute Gasteiger partial charge is 0.248 e. The van der Waals surface area contributed by atoms with Gasteiger partial charge in [-0.05, 0) is 35.9 Å². The van der Waals surface area contributed by atoms with Gasteiger partial charge in [0.2, 0.25) is 15.9 Å². The van der Waals surface area contributed by atoms with Crippen LogP contribution in [0, 0.1) is 0 Å². The minimum absolute atomic E-state index is 0.244. The summed E-state index contributed by atoms with van der Waals surface area (Å²) in [5.41, 5.74) is 1.35. The summed E-state index contributed by atoms with van der Waals surface area (Å²) in [4.78, 5) is 16.0. The van der Waals surface area contributed by atoms with Crippen molar-refractivity contribution in [3.05, 3.63) is 60.4 Å². The van der Waals surface area contributed by atoms with Crippen LogP contribution in [0.1, 0.15) is 19.4 Å². The van der Waals surface area contributed by atoms with Crippen LogP contribution in [0.4, 0.5) is 5.69 Å². The van der Waals surface area contributed by atoms with E-state index in [1.807, 2.05) is 0 Å². The number of nitrogens with zero attached hydrogens (tertiary/aromatic N) is 2. The molecule has 0 spiro atoms. The zero-order valence-corrected chi connectivity index (χ0v) is 15.0. The molecule has 0 fully saturated rings. The standard InChI is InChI=1S/C18H21N3O3S/c1-3-21(4-2)25(23,24)17-10-7-15(8-11-17)9-12-18(22)20-16-6-5-13-19-14-16/h5-14H,3-4H2,1-2H3,(H,20,22)/b12-9+. The molecule has 1 aromatic heterocycles. The first-order chi connectivity index (χ1) is 12.0. The summed E-state index contributed by atoms with van der Waals surface area (Å²) < 4.78 is 26.2. The molecule has 1 aromatic carbocycles. The molecule has 0 radical (unpaired) electrons. The van der Waals surface area contributed by atoms with Gasteiger partial charge in [0.05, 0.1) is 16.8 Å². The van der Waals surface area contributed by atoms with Crippen molar-refractivity contribution >= 4 is 27.7 Å². The largest absolute Gasteiger partial charge is 0.321 e. The summed E-state index contributed by atoms with van der Waals surface area (Å²) in [5, 5.41) is 2.69. The number of carbonyl (C=O) groups is 1. The van der Waals surface area contributed by atoms with Gasteiger partial charge >= 0.3 is 0 Å². The summed E-state index contributed by atoms with van der Waals surface area (Å²) in [5.74, 6) is -0.284. The molecule has 132 valence electrons. The Bertz CT molecular complexity index is 828. The Balaban J connectivity index is 2.06. The second-order valence-corrected chi connectivity index (χ2v) is 7.16. The lowest BCUT2D eigenvalue weighted by atomic mass is 10.2. The van der Waals surface area contributed by atoms with E-state index in [9.17, 15) is 13.2 Å². The van der Waals surface area contributed by atoms with Crippen molar-refractivity contribution in [2.75, 3.05) is 18.4 Å². The van der Waals surface area contributed by atoms with Crippen molar-refractivity contribution < 1.29 is 13.2 Å². The van der Waals surface area contributed by atoms with Crippen molar-refractivity contribution in [1.29, 1.82) is 0 Å². The second kappa shape index (κ2) is 8.55. The van der Waals surface area contributed by atoms with Crippen LogP contribution in [0.25, 0.3) is 6.08 Å². The predicted octanol–water partition coefficient (Wildman–Crippen LogP) is 2.76. The molecule has 0 saturated heterocycles. The third kappa shape index (κ3) is 4.98. The predicted molar refractivity (Wildman–Crippen MR) is 98.4 cm³/mol. The Morgan fingerprint density at radius 1 is 1.16 bits per heavy atom. The fourth-order valence-corrected chi connectivity index (χ4v) is 3.71. The molecule has 0 atom stereocenters. The maximum absolute atomic E-state index is 12.4. The molecular formula is C18H21N3O3S. The van der Waals surface area contributed by atoms with Crippen LogP contribution in [0.15, 0.2) is 59.8 Å². The molecule has 6 nitrogen and oxygen atoms in total. The first kappa shape index (κ1) is 18.8. The summed E-state index contributed by atoms with van der Waals surface area (Å²) in [6, 6.07) is 9.91. The van der Waals surface area contributed by atoms with Crippen LogP contribution >= 0.6 is 0 Å². The SMILES string of the molecule is CCN(CC)S(=O)(=O)c1ccc(/C=C/C(=O)Nc2cccnc2)cc1. The highest BCUT2D eigenvalue weighted by molar-refractivity contribution is 7.89. The minimum atomic E-state index is -3.47. The number of hydrogen-bond donors (Lipinski definition) is 1. The molecule has 2 rings (SSSR count). The number of anilines is 1. The Hall–Kier alpha value is -2.51. The van der Waals surface area contributed by atoms with Gasteiger partial charge in [-0.2, -0.15) is 4.31 Å². The third-order valence-corrected chi connectivity index (χ3v) is 5.64. The third-order valence-electron chi connectivity index (χ3n) is 3.58. The van der Waals surface area contributed by atoms with Gasteiger partial charge in [0.15, 0.2) is 0 Å². The van der Waals surface area contributed by atoms with Crippen LogP contribution in [0.2, 0.25) is 0 Å². The van der Waals surface area contributed by atoms with Crippen LogP contribution in [0.5, 0.6) is 0 Å². The molecule has 25 heavy (non-hydrogen) atoms. The molecule has 2 aromatic rings. The molecule has 0 bridgehead atoms. The summed E-state index contributed by atoms with van der Waals surface area (Å²) >= 11 is 0. The van der Waals surface area contributed by atoms with E-state index in [2.05, 4.69) is 10.3 Å². The molecule has 7 heteroatoms. The lowest BCUT2D eigenvalue weighted by Gasteiger charge is -2.18. The molecule has 0 aliphatic carbocycles. The fraction of sp³-hybridized carbons (Fsp3) is 0.222. The topological polar surface area (TPSA) is 79.4 Å². The maximum atomic E-state index is 12.4. The van der Waals surface area contributed by atoms with Gasteiger partial charge in [0, 0.05) is 25.4 Å². The fourth-order valence-electron chi connectivity index (χ4n) is 2.26. The molecule has 1 heterocycles. The van der Waals surface area contributed by atoms with Crippen molar-refractivity contribution in [2.45, 2.75) is 18.7 Å². The van der Waals surface area contributed by atoms with Crippen molar-refractivity contribution in [2.24, 2.45) is 0 Å². The highest BCUT2D eigenvalue weighted by Gasteiger charge is 2.20. The van der Waals surface area contributed by atoms with Crippen molar-refractivity contribution in [1.82, 2.24) is 9.29 Å². The van der Waals surface area contributed by atoms with E-state index in [4.69, 9.17) is 0 Å². The molecule has 1 amide bonds. The van der Waals surface area contributed by atoms with E-state index in [0.29, 0.717) is 18.8 Å². The Morgan fingerprint density at radius 3 is 2.40 bits per heavy atom. The molecule has 1 N–H and O–H groups in total. The van der Waals surface area contributed by atoms with E-state index < -0.39 is 10.0 Å². The Morgan fingerprint density at radius 2 is 1.84 bits per heavy atom. The van der Waals surface area contributed by atoms with Gasteiger partial charge in [-0.1, -0.05) is 26.0 Å². The number of amides is 1. The van der Waals surface area contributed by atoms with Gasteiger partial charge in [-0.25, -0.2) is 8.42 Å². The molecular weight excluding hydrogens is 338 g/mol. The molecule has 0 aliphatic rings. The quantitative estimate of drug-likeness (QED) is 0.771. The average molecular weight is 359 g/mol. The normalized spacial score (nSPS) is 11.8. The van der Waals surface area contributed by atoms with E-state index in [0.717, 1.165) is 5.56 Å². The van der Waals surface area contributed by atoms with Crippen LogP contribution < -0.4 is 5.32 Å². The van der Waals surface area contributed by atoms with Gasteiger partial charge in [-0.3, -0.25) is 9.78 Å². The number of aromatic nitrogens is 1. The van der Waals surface area contributed by atoms with Gasteiger partial charge in [0.25, 0.3) is 0 Å². The molecule has 0 aliphatic heterocycles. The van der Waals surface area contributed by atoms with Gasteiger partial charge < -0.3 is 5.32 Å². The Kier molecular flexibility index (Phi) is 6.44. The number of benzene rings is 1. The zero-order chi connectivity index (χ0) is 18.3. The van der Waals surface area contributed by atoms with E-state index in [-0.39, 0.29) is 10.8 Å². The van der Waals surface area contributed by atoms with E-state index in [1.165, 1.54) is 10.4 Å². The van der Waals surface area contributed by atoms with Crippen molar-refractivity contribution in [3.8, 4) is 0 Å². The number of carbonyl (C=O) groups excluding carboxylic acids is 1. The first-order valence-electron chi connectivity index (χ1n) is 7.96. The monoisotopic (exact) mass is 359 g/mol. The summed E-state index contributed by atoms with van der Waals surface area (Å²) in [6.45, 7) is 4.46. The second-order valence-electron chi connectivity index (χ2n) is 5.22. The van der Waals surface area contributed by atoms with Crippen LogP contribution in [-0.4, -0.2) is 36.7 Å². The number of pyridine rings is 1. The molecule has 0 unspecified atom stereocenters. The molecule has 0 saturated carbocycles. The minimum Gasteiger partial charge on any atom is -0.321 e. The highest BCUT2D eigenvalue weighted by atomic mass is 32.2. The van der Waals surface area contributed by atoms with Gasteiger partial charge in [0.1, 0.15) is 0 Å². The zero-order valence-electron chi connectivity index (χ0n) is 14.2. The van der Waals surface area contributed by atoms with Crippen LogP contribution in [0.3, 0.4) is 0 Å². The first-order valence-corrected chi connectivity index (χ1v) is 9.40. The number of sulfonamides is 1. The number of nitrogens with one attached hydrogen (secondary N) is 1. The highest BCUT2D eigenvalue weighted by Crippen LogP contribution is 2.16. The summed E-state index contributed by atoms with van der Waals surface area (Å²) in [7, 11) is -3.47. The number of rotatable bonds is 7. The van der Waals surface area contributed by atoms with Crippen molar-refractivity contribution in [3.63, 3.8) is 0 Å². The van der Waals surface area contributed by atoms with Crippen LogP contribution in [-0.2, 0) is 14.8 Å². The van der Waals surface area contributed by atoms with E-state index in [1.54, 1.807) is 68.7 Å². The number of hydrogen-bond acceptors (Lipinski definition) is 4. The average Bonchev–Trinajstić information content (AvgIpc) is 2.62. The lowest BCUT2D eigenvalue weighted by molar-refractivity contribution is -0.111. The maximum Gasteiger partial charge on any atom is 0.248 e. The summed E-state index contributed by atoms with van der Waals surface area (Å²) in [6.07, 6.45) is 6.19. The Labute approximate surface area is 148 Å².